The molecule has 1 aromatic carbocycles. The number of aromatic nitrogens is 4. The van der Waals surface area contributed by atoms with Gasteiger partial charge in [-0.1, -0.05) is 25.5 Å². The fourth-order valence-electron chi connectivity index (χ4n) is 4.40. The highest BCUT2D eigenvalue weighted by Crippen LogP contribution is 2.29. The molecule has 9 nitrogen and oxygen atoms in total. The summed E-state index contributed by atoms with van der Waals surface area (Å²) in [6, 6.07) is 8.11. The van der Waals surface area contributed by atoms with E-state index in [1.807, 2.05) is 29.7 Å². The van der Waals surface area contributed by atoms with Crippen molar-refractivity contribution in [3.63, 3.8) is 0 Å². The van der Waals surface area contributed by atoms with Crippen LogP contribution in [0.3, 0.4) is 0 Å². The van der Waals surface area contributed by atoms with Gasteiger partial charge in [0.2, 0.25) is 0 Å². The van der Waals surface area contributed by atoms with Gasteiger partial charge in [0, 0.05) is 26.2 Å². The first kappa shape index (κ1) is 22.1. The van der Waals surface area contributed by atoms with Crippen LogP contribution in [0, 0.1) is 0 Å². The molecule has 9 heteroatoms. The number of H-pyrrole nitrogens is 1. The molecule has 32 heavy (non-hydrogen) atoms. The largest absolute Gasteiger partial charge is 0.393 e. The molecule has 3 aromatic rings. The zero-order chi connectivity index (χ0) is 22.7. The van der Waals surface area contributed by atoms with Gasteiger partial charge in [0.15, 0.2) is 11.2 Å². The Bertz CT molecular complexity index is 1190. The number of aliphatic hydroxyl groups excluding tert-OH is 1. The minimum atomic E-state index is -0.408. The number of unbranched alkanes of at least 4 members (excludes halogenated alkanes) is 1. The lowest BCUT2D eigenvalue weighted by Gasteiger charge is -2.33. The van der Waals surface area contributed by atoms with Crippen LogP contribution in [0.25, 0.3) is 11.2 Å². The van der Waals surface area contributed by atoms with Gasteiger partial charge in [0.25, 0.3) is 5.56 Å². The van der Waals surface area contributed by atoms with Crippen molar-refractivity contribution >= 4 is 22.5 Å². The van der Waals surface area contributed by atoms with Crippen molar-refractivity contribution in [3.05, 3.63) is 50.9 Å². The number of imidazole rings is 1. The van der Waals surface area contributed by atoms with Gasteiger partial charge < -0.3 is 19.9 Å². The van der Waals surface area contributed by atoms with Crippen LogP contribution >= 0.6 is 0 Å². The lowest BCUT2D eigenvalue weighted by Crippen LogP contribution is -2.36. The summed E-state index contributed by atoms with van der Waals surface area (Å²) < 4.78 is 3.45. The van der Waals surface area contributed by atoms with Crippen molar-refractivity contribution in [1.82, 2.24) is 19.1 Å². The summed E-state index contributed by atoms with van der Waals surface area (Å²) >= 11 is 0. The fraction of sp³-hybridized carbons (Fsp3) is 0.522. The second-order valence-electron chi connectivity index (χ2n) is 8.30. The number of piperidine rings is 1. The highest BCUT2D eigenvalue weighted by atomic mass is 16.3. The average Bonchev–Trinajstić information content (AvgIpc) is 3.17. The van der Waals surface area contributed by atoms with Gasteiger partial charge in [0.05, 0.1) is 24.0 Å². The topological polar surface area (TPSA) is 108 Å². The number of benzene rings is 1. The Morgan fingerprint density at radius 1 is 1.16 bits per heavy atom. The smallest absolute Gasteiger partial charge is 0.330 e. The second-order valence-corrected chi connectivity index (χ2v) is 8.30. The molecule has 0 bridgehead atoms. The van der Waals surface area contributed by atoms with Gasteiger partial charge >= 0.3 is 5.69 Å². The third-order valence-corrected chi connectivity index (χ3v) is 6.16. The van der Waals surface area contributed by atoms with Crippen molar-refractivity contribution in [1.29, 1.82) is 0 Å². The molecule has 2 aromatic heterocycles. The molecule has 3 N–H and O–H groups in total. The third kappa shape index (κ3) is 4.29. The number of hydrogen-bond donors (Lipinski definition) is 3. The van der Waals surface area contributed by atoms with Gasteiger partial charge in [-0.05, 0) is 38.3 Å². The molecule has 0 aliphatic carbocycles. The van der Waals surface area contributed by atoms with Crippen molar-refractivity contribution < 1.29 is 5.11 Å². The lowest BCUT2D eigenvalue weighted by molar-refractivity contribution is 0.145. The van der Waals surface area contributed by atoms with E-state index < -0.39 is 11.2 Å². The van der Waals surface area contributed by atoms with E-state index in [-0.39, 0.29) is 6.10 Å². The Labute approximate surface area is 186 Å². The van der Waals surface area contributed by atoms with Crippen LogP contribution < -0.4 is 21.5 Å². The Morgan fingerprint density at radius 3 is 2.62 bits per heavy atom. The Hall–Kier alpha value is -3.07. The van der Waals surface area contributed by atoms with Gasteiger partial charge in [-0.2, -0.15) is 0 Å². The molecule has 172 valence electrons. The van der Waals surface area contributed by atoms with Crippen LogP contribution in [0.1, 0.15) is 45.4 Å². The van der Waals surface area contributed by atoms with Gasteiger partial charge in [-0.15, -0.1) is 0 Å². The number of aryl methyl sites for hydroxylation is 2. The molecule has 1 saturated heterocycles. The minimum absolute atomic E-state index is 0.223. The number of aliphatic hydroxyl groups is 1. The second kappa shape index (κ2) is 9.60. The van der Waals surface area contributed by atoms with E-state index in [0.29, 0.717) is 36.6 Å². The number of aromatic amines is 1. The molecule has 1 aliphatic rings. The number of hydrogen-bond acceptors (Lipinski definition) is 6. The number of fused-ring (bicyclic) bond motifs is 1. The van der Waals surface area contributed by atoms with Crippen molar-refractivity contribution in [3.8, 4) is 0 Å². The number of nitrogens with one attached hydrogen (secondary N) is 2. The van der Waals surface area contributed by atoms with E-state index >= 15 is 0 Å². The molecule has 0 spiro atoms. The van der Waals surface area contributed by atoms with E-state index in [4.69, 9.17) is 4.98 Å². The number of para-hydroxylation sites is 2. The first-order valence-corrected chi connectivity index (χ1v) is 11.5. The van der Waals surface area contributed by atoms with Gasteiger partial charge in [-0.3, -0.25) is 14.3 Å². The quantitative estimate of drug-likeness (QED) is 0.496. The maximum Gasteiger partial charge on any atom is 0.330 e. The summed E-state index contributed by atoms with van der Waals surface area (Å²) in [5.41, 5.74) is 2.16. The maximum absolute atomic E-state index is 12.6. The first-order chi connectivity index (χ1) is 15.5. The predicted octanol–water partition coefficient (Wildman–Crippen LogP) is 2.28. The molecule has 0 amide bonds. The molecule has 4 rings (SSSR count). The zero-order valence-electron chi connectivity index (χ0n) is 18.8. The summed E-state index contributed by atoms with van der Waals surface area (Å²) in [5, 5.41) is 13.3. The van der Waals surface area contributed by atoms with E-state index in [1.165, 1.54) is 0 Å². The molecule has 0 unspecified atom stereocenters. The summed E-state index contributed by atoms with van der Waals surface area (Å²) in [6.07, 6.45) is 3.08. The Kier molecular flexibility index (Phi) is 6.64. The third-order valence-electron chi connectivity index (χ3n) is 6.16. The Balaban J connectivity index is 1.65. The molecule has 0 radical (unpaired) electrons. The van der Waals surface area contributed by atoms with Crippen LogP contribution in [0.4, 0.5) is 11.4 Å². The summed E-state index contributed by atoms with van der Waals surface area (Å²) in [4.78, 5) is 34.5. The molecule has 0 saturated carbocycles. The first-order valence-electron chi connectivity index (χ1n) is 11.5. The van der Waals surface area contributed by atoms with Crippen molar-refractivity contribution in [2.75, 3.05) is 23.3 Å². The van der Waals surface area contributed by atoms with Gasteiger partial charge in [-0.25, -0.2) is 9.78 Å². The fourth-order valence-corrected chi connectivity index (χ4v) is 4.40. The SMILES string of the molecule is CCCCn1c(=O)[nH]c(=O)c2c1nc(CNc1ccccc1N1CCC(O)CC1)n2CC. The van der Waals surface area contributed by atoms with Crippen molar-refractivity contribution in [2.24, 2.45) is 0 Å². The van der Waals surface area contributed by atoms with Crippen LogP contribution in [-0.4, -0.2) is 43.4 Å². The molecule has 3 heterocycles. The monoisotopic (exact) mass is 440 g/mol. The highest BCUT2D eigenvalue weighted by molar-refractivity contribution is 5.72. The van der Waals surface area contributed by atoms with Crippen LogP contribution in [0.5, 0.6) is 0 Å². The highest BCUT2D eigenvalue weighted by Gasteiger charge is 2.20. The predicted molar refractivity (Wildman–Crippen MR) is 126 cm³/mol. The van der Waals surface area contributed by atoms with Crippen LogP contribution in [0.15, 0.2) is 33.9 Å². The molecular weight excluding hydrogens is 408 g/mol. The molecule has 1 aliphatic heterocycles. The Morgan fingerprint density at radius 2 is 1.91 bits per heavy atom. The van der Waals surface area contributed by atoms with E-state index in [9.17, 15) is 14.7 Å². The average molecular weight is 441 g/mol. The summed E-state index contributed by atoms with van der Waals surface area (Å²) in [7, 11) is 0. The van der Waals surface area contributed by atoms with E-state index in [0.717, 1.165) is 50.1 Å². The van der Waals surface area contributed by atoms with E-state index in [1.54, 1.807) is 4.57 Å². The lowest BCUT2D eigenvalue weighted by atomic mass is 10.1. The van der Waals surface area contributed by atoms with Crippen LogP contribution in [-0.2, 0) is 19.6 Å². The van der Waals surface area contributed by atoms with Crippen molar-refractivity contribution in [2.45, 2.75) is 65.3 Å². The summed E-state index contributed by atoms with van der Waals surface area (Å²) in [5.74, 6) is 0.715. The maximum atomic E-state index is 12.6. The molecule has 1 fully saturated rings. The number of nitrogens with zero attached hydrogens (tertiary/aromatic N) is 4. The molecular formula is C23H32N6O3. The minimum Gasteiger partial charge on any atom is -0.393 e. The van der Waals surface area contributed by atoms with E-state index in [2.05, 4.69) is 28.2 Å². The summed E-state index contributed by atoms with van der Waals surface area (Å²) in [6.45, 7) is 7.19. The number of rotatable bonds is 8. The molecule has 0 atom stereocenters. The van der Waals surface area contributed by atoms with Crippen LogP contribution in [0.2, 0.25) is 0 Å². The number of anilines is 2. The van der Waals surface area contributed by atoms with Gasteiger partial charge in [0.1, 0.15) is 5.82 Å². The normalized spacial score (nSPS) is 14.9. The zero-order valence-corrected chi connectivity index (χ0v) is 18.8. The standard InChI is InChI=1S/C23H32N6O3/c1-3-5-12-29-21-20(22(31)26-23(29)32)28(4-2)19(25-21)15-24-17-8-6-7-9-18(17)27-13-10-16(30)11-14-27/h6-9,16,24,30H,3-5,10-15H2,1-2H3,(H,26,31,32).